The molecule has 1 nitrogen and oxygen atoms in total. The van der Waals surface area contributed by atoms with Crippen LogP contribution >= 0.6 is 0 Å². The predicted octanol–water partition coefficient (Wildman–Crippen LogP) is 5.10. The number of fused-ring (bicyclic) bond motifs is 3. The van der Waals surface area contributed by atoms with Gasteiger partial charge in [0.25, 0.3) is 0 Å². The van der Waals surface area contributed by atoms with E-state index in [0.717, 1.165) is 0 Å². The molecule has 2 aromatic carbocycles. The van der Waals surface area contributed by atoms with Gasteiger partial charge in [0.1, 0.15) is 7.05 Å². The van der Waals surface area contributed by atoms with Crippen molar-refractivity contribution in [3.8, 4) is 22.4 Å². The third-order valence-electron chi connectivity index (χ3n) is 5.51. The van der Waals surface area contributed by atoms with Crippen LogP contribution in [0.15, 0.2) is 54.7 Å². The molecule has 0 bridgehead atoms. The first-order valence-electron chi connectivity index (χ1n) is 8.61. The quantitative estimate of drug-likeness (QED) is 0.550. The second-order valence-corrected chi connectivity index (χ2v) is 7.58. The molecule has 0 atom stereocenters. The molecule has 120 valence electrons. The SMILES string of the molecule is Cc1cc[n+](C)c(-c2cc3c(cc2C)C(C)(C)c2ccccc2-3)c1. The lowest BCUT2D eigenvalue weighted by atomic mass is 9.81. The van der Waals surface area contributed by atoms with Gasteiger partial charge in [-0.05, 0) is 53.3 Å². The fourth-order valence-electron chi connectivity index (χ4n) is 4.07. The van der Waals surface area contributed by atoms with Gasteiger partial charge in [-0.25, -0.2) is 4.57 Å². The van der Waals surface area contributed by atoms with Gasteiger partial charge in [0.2, 0.25) is 5.69 Å². The van der Waals surface area contributed by atoms with Crippen LogP contribution in [0.1, 0.15) is 36.1 Å². The second-order valence-electron chi connectivity index (χ2n) is 7.58. The first-order chi connectivity index (χ1) is 11.4. The van der Waals surface area contributed by atoms with Gasteiger partial charge in [-0.3, -0.25) is 0 Å². The molecule has 0 aliphatic heterocycles. The van der Waals surface area contributed by atoms with Gasteiger partial charge in [0.15, 0.2) is 6.20 Å². The normalized spacial score (nSPS) is 14.4. The first-order valence-corrected chi connectivity index (χ1v) is 8.61. The fourth-order valence-corrected chi connectivity index (χ4v) is 4.07. The van der Waals surface area contributed by atoms with Gasteiger partial charge >= 0.3 is 0 Å². The molecule has 1 aliphatic rings. The highest BCUT2D eigenvalue weighted by molar-refractivity contribution is 5.84. The molecule has 0 radical (unpaired) electrons. The Morgan fingerprint density at radius 1 is 0.792 bits per heavy atom. The van der Waals surface area contributed by atoms with Gasteiger partial charge in [0.05, 0.1) is 0 Å². The van der Waals surface area contributed by atoms with E-state index in [1.165, 1.54) is 44.6 Å². The van der Waals surface area contributed by atoms with Gasteiger partial charge in [-0.15, -0.1) is 0 Å². The maximum absolute atomic E-state index is 2.40. The van der Waals surface area contributed by atoms with Crippen molar-refractivity contribution >= 4 is 0 Å². The average molecular weight is 314 g/mol. The summed E-state index contributed by atoms with van der Waals surface area (Å²) in [5, 5.41) is 0. The number of pyridine rings is 1. The standard InChI is InChI=1S/C23H24N/c1-15-10-11-24(5)22(12-15)18-14-19-17-8-6-7-9-20(17)23(3,4)21(19)13-16(18)2/h6-14H,1-5H3/q+1. The van der Waals surface area contributed by atoms with Crippen molar-refractivity contribution in [2.45, 2.75) is 33.1 Å². The van der Waals surface area contributed by atoms with E-state index in [-0.39, 0.29) is 5.41 Å². The van der Waals surface area contributed by atoms with E-state index in [2.05, 4.69) is 94.0 Å². The summed E-state index contributed by atoms with van der Waals surface area (Å²) < 4.78 is 2.22. The molecule has 1 heterocycles. The second kappa shape index (κ2) is 5.04. The van der Waals surface area contributed by atoms with E-state index < -0.39 is 0 Å². The zero-order chi connectivity index (χ0) is 17.1. The number of benzene rings is 2. The number of aryl methyl sites for hydroxylation is 3. The van der Waals surface area contributed by atoms with E-state index in [0.29, 0.717) is 0 Å². The maximum Gasteiger partial charge on any atom is 0.212 e. The Morgan fingerprint density at radius 3 is 2.33 bits per heavy atom. The molecule has 0 saturated carbocycles. The Hall–Kier alpha value is -2.41. The summed E-state index contributed by atoms with van der Waals surface area (Å²) in [4.78, 5) is 0. The van der Waals surface area contributed by atoms with Crippen LogP contribution in [0, 0.1) is 13.8 Å². The summed E-state index contributed by atoms with van der Waals surface area (Å²) in [6.07, 6.45) is 2.15. The van der Waals surface area contributed by atoms with E-state index in [1.807, 2.05) is 0 Å². The molecule has 0 unspecified atom stereocenters. The summed E-state index contributed by atoms with van der Waals surface area (Å²) >= 11 is 0. The van der Waals surface area contributed by atoms with E-state index >= 15 is 0 Å². The highest BCUT2D eigenvalue weighted by Crippen LogP contribution is 2.49. The molecule has 4 rings (SSSR count). The highest BCUT2D eigenvalue weighted by Gasteiger charge is 2.36. The zero-order valence-corrected chi connectivity index (χ0v) is 15.1. The van der Waals surface area contributed by atoms with Gasteiger partial charge in [0, 0.05) is 23.1 Å². The monoisotopic (exact) mass is 314 g/mol. The third-order valence-corrected chi connectivity index (χ3v) is 5.51. The topological polar surface area (TPSA) is 3.88 Å². The third kappa shape index (κ3) is 2.04. The lowest BCUT2D eigenvalue weighted by Crippen LogP contribution is -2.30. The van der Waals surface area contributed by atoms with Gasteiger partial charge in [-0.1, -0.05) is 44.2 Å². The van der Waals surface area contributed by atoms with E-state index in [1.54, 1.807) is 0 Å². The molecule has 1 heteroatoms. The number of hydrogen-bond acceptors (Lipinski definition) is 0. The lowest BCUT2D eigenvalue weighted by Gasteiger charge is -2.22. The van der Waals surface area contributed by atoms with Crippen molar-refractivity contribution in [3.63, 3.8) is 0 Å². The van der Waals surface area contributed by atoms with Crippen LogP contribution in [0.3, 0.4) is 0 Å². The van der Waals surface area contributed by atoms with Crippen molar-refractivity contribution in [1.82, 2.24) is 0 Å². The number of rotatable bonds is 1. The molecule has 1 aliphatic carbocycles. The Bertz CT molecular complexity index is 964. The minimum Gasteiger partial charge on any atom is -0.201 e. The van der Waals surface area contributed by atoms with Gasteiger partial charge < -0.3 is 0 Å². The van der Waals surface area contributed by atoms with Crippen LogP contribution in [-0.4, -0.2) is 0 Å². The molecule has 1 aromatic heterocycles. The van der Waals surface area contributed by atoms with Gasteiger partial charge in [-0.2, -0.15) is 0 Å². The molecule has 0 fully saturated rings. The maximum atomic E-state index is 2.40. The number of aromatic nitrogens is 1. The molecule has 0 N–H and O–H groups in total. The molecule has 0 spiro atoms. The summed E-state index contributed by atoms with van der Waals surface area (Å²) in [5.41, 5.74) is 11.0. The zero-order valence-electron chi connectivity index (χ0n) is 15.1. The van der Waals surface area contributed by atoms with Crippen LogP contribution in [0.5, 0.6) is 0 Å². The summed E-state index contributed by atoms with van der Waals surface area (Å²) in [6.45, 7) is 9.06. The molecular formula is C23H24N+. The minimum absolute atomic E-state index is 0.0734. The fraction of sp³-hybridized carbons (Fsp3) is 0.261. The molecule has 24 heavy (non-hydrogen) atoms. The molecule has 0 saturated heterocycles. The Balaban J connectivity index is 2.02. The van der Waals surface area contributed by atoms with Crippen molar-refractivity contribution in [3.05, 3.63) is 77.0 Å². The molecule has 3 aromatic rings. The summed E-state index contributed by atoms with van der Waals surface area (Å²) in [5.74, 6) is 0. The van der Waals surface area contributed by atoms with Crippen LogP contribution in [0.25, 0.3) is 22.4 Å². The minimum atomic E-state index is 0.0734. The van der Waals surface area contributed by atoms with Crippen molar-refractivity contribution < 1.29 is 4.57 Å². The molecular weight excluding hydrogens is 290 g/mol. The highest BCUT2D eigenvalue weighted by atomic mass is 14.9. The van der Waals surface area contributed by atoms with Crippen LogP contribution in [-0.2, 0) is 12.5 Å². The van der Waals surface area contributed by atoms with Crippen molar-refractivity contribution in [2.24, 2.45) is 7.05 Å². The van der Waals surface area contributed by atoms with E-state index in [4.69, 9.17) is 0 Å². The lowest BCUT2D eigenvalue weighted by molar-refractivity contribution is -0.660. The largest absolute Gasteiger partial charge is 0.212 e. The van der Waals surface area contributed by atoms with Crippen LogP contribution < -0.4 is 4.57 Å². The summed E-state index contributed by atoms with van der Waals surface area (Å²) in [7, 11) is 2.12. The van der Waals surface area contributed by atoms with Crippen molar-refractivity contribution in [1.29, 1.82) is 0 Å². The van der Waals surface area contributed by atoms with Crippen molar-refractivity contribution in [2.75, 3.05) is 0 Å². The Morgan fingerprint density at radius 2 is 1.54 bits per heavy atom. The van der Waals surface area contributed by atoms with Crippen LogP contribution in [0.2, 0.25) is 0 Å². The Kier molecular flexibility index (Phi) is 3.18. The molecule has 0 amide bonds. The summed E-state index contributed by atoms with van der Waals surface area (Å²) in [6, 6.07) is 18.1. The smallest absolute Gasteiger partial charge is 0.201 e. The Labute approximate surface area is 144 Å². The average Bonchev–Trinajstić information content (AvgIpc) is 2.77. The number of nitrogens with zero attached hydrogens (tertiary/aromatic N) is 1. The number of hydrogen-bond donors (Lipinski definition) is 0. The van der Waals surface area contributed by atoms with E-state index in [9.17, 15) is 0 Å². The van der Waals surface area contributed by atoms with Crippen LogP contribution in [0.4, 0.5) is 0 Å². The predicted molar refractivity (Wildman–Crippen MR) is 100 cm³/mol. The first kappa shape index (κ1) is 15.1.